The van der Waals surface area contributed by atoms with Crippen molar-refractivity contribution in [3.63, 3.8) is 0 Å². The van der Waals surface area contributed by atoms with Gasteiger partial charge in [-0.15, -0.1) is 5.10 Å². The lowest BCUT2D eigenvalue weighted by atomic mass is 10.2. The summed E-state index contributed by atoms with van der Waals surface area (Å²) in [6, 6.07) is 17.3. The van der Waals surface area contributed by atoms with Gasteiger partial charge in [-0.2, -0.15) is 9.50 Å². The van der Waals surface area contributed by atoms with Crippen molar-refractivity contribution in [3.05, 3.63) is 75.0 Å². The molecule has 0 atom stereocenters. The van der Waals surface area contributed by atoms with Gasteiger partial charge >= 0.3 is 0 Å². The summed E-state index contributed by atoms with van der Waals surface area (Å²) in [5, 5.41) is 4.36. The third-order valence-corrected chi connectivity index (χ3v) is 4.66. The molecule has 124 valence electrons. The highest BCUT2D eigenvalue weighted by atomic mass is 32.1. The smallest absolute Gasteiger partial charge is 0.291 e. The van der Waals surface area contributed by atoms with E-state index in [-0.39, 0.29) is 5.56 Å². The predicted molar refractivity (Wildman–Crippen MR) is 99.0 cm³/mol. The summed E-state index contributed by atoms with van der Waals surface area (Å²) < 4.78 is 7.42. The first-order valence-electron chi connectivity index (χ1n) is 7.94. The van der Waals surface area contributed by atoms with Gasteiger partial charge in [0.15, 0.2) is 5.82 Å². The lowest BCUT2D eigenvalue weighted by Crippen LogP contribution is -2.23. The molecule has 2 aromatic carbocycles. The Hall–Kier alpha value is -2.99. The highest BCUT2D eigenvalue weighted by Gasteiger charge is 2.12. The standard InChI is InChI=1S/C19H15N3O2S/c1-2-24-15-10-8-14(9-11-15)17-20-19-22(21-17)18(23)16(25-19)12-13-6-4-3-5-7-13/h3-12H,2H2,1H3/b16-12-. The minimum atomic E-state index is -0.145. The van der Waals surface area contributed by atoms with Gasteiger partial charge in [0.2, 0.25) is 4.96 Å². The number of hydrogen-bond acceptors (Lipinski definition) is 5. The number of benzene rings is 2. The molecule has 2 heterocycles. The Labute approximate surface area is 147 Å². The van der Waals surface area contributed by atoms with Crippen LogP contribution in [0.3, 0.4) is 0 Å². The number of thiazole rings is 1. The van der Waals surface area contributed by atoms with Crippen LogP contribution < -0.4 is 14.8 Å². The third kappa shape index (κ3) is 3.04. The Morgan fingerprint density at radius 1 is 1.12 bits per heavy atom. The molecule has 0 bridgehead atoms. The molecule has 4 aromatic rings. The molecule has 25 heavy (non-hydrogen) atoms. The minimum Gasteiger partial charge on any atom is -0.494 e. The zero-order valence-corrected chi connectivity index (χ0v) is 14.4. The number of fused-ring (bicyclic) bond motifs is 1. The summed E-state index contributed by atoms with van der Waals surface area (Å²) in [6.45, 7) is 2.57. The molecule has 0 unspecified atom stereocenters. The van der Waals surface area contributed by atoms with Gasteiger partial charge in [0, 0.05) is 5.56 Å². The van der Waals surface area contributed by atoms with Crippen molar-refractivity contribution in [2.75, 3.05) is 6.61 Å². The number of rotatable bonds is 4. The van der Waals surface area contributed by atoms with Gasteiger partial charge in [0.05, 0.1) is 11.1 Å². The van der Waals surface area contributed by atoms with Gasteiger partial charge in [-0.1, -0.05) is 41.7 Å². The molecule has 0 fully saturated rings. The van der Waals surface area contributed by atoms with Gasteiger partial charge in [-0.3, -0.25) is 4.79 Å². The van der Waals surface area contributed by atoms with E-state index < -0.39 is 0 Å². The van der Waals surface area contributed by atoms with Crippen LogP contribution in [0.5, 0.6) is 5.75 Å². The Balaban J connectivity index is 1.73. The Morgan fingerprint density at radius 3 is 2.56 bits per heavy atom. The fourth-order valence-electron chi connectivity index (χ4n) is 2.52. The van der Waals surface area contributed by atoms with Gasteiger partial charge in [-0.25, -0.2) is 0 Å². The lowest BCUT2D eigenvalue weighted by molar-refractivity contribution is 0.340. The van der Waals surface area contributed by atoms with Crippen molar-refractivity contribution < 1.29 is 4.74 Å². The molecule has 0 aliphatic rings. The lowest BCUT2D eigenvalue weighted by Gasteiger charge is -2.02. The summed E-state index contributed by atoms with van der Waals surface area (Å²) in [6.07, 6.45) is 1.86. The largest absolute Gasteiger partial charge is 0.494 e. The quantitative estimate of drug-likeness (QED) is 0.568. The summed E-state index contributed by atoms with van der Waals surface area (Å²) in [5.41, 5.74) is 1.69. The van der Waals surface area contributed by atoms with E-state index in [0.717, 1.165) is 16.9 Å². The molecule has 0 saturated heterocycles. The molecule has 0 N–H and O–H groups in total. The van der Waals surface area contributed by atoms with Crippen LogP contribution in [0, 0.1) is 0 Å². The van der Waals surface area contributed by atoms with Crippen LogP contribution in [-0.2, 0) is 0 Å². The van der Waals surface area contributed by atoms with Gasteiger partial charge in [0.25, 0.3) is 5.56 Å². The summed E-state index contributed by atoms with van der Waals surface area (Å²) in [7, 11) is 0. The van der Waals surface area contributed by atoms with Crippen LogP contribution in [0.2, 0.25) is 0 Å². The average molecular weight is 349 g/mol. The van der Waals surface area contributed by atoms with Gasteiger partial charge in [0.1, 0.15) is 5.75 Å². The first kappa shape index (κ1) is 15.5. The zero-order chi connectivity index (χ0) is 17.2. The average Bonchev–Trinajstić information content (AvgIpc) is 3.17. The maximum absolute atomic E-state index is 12.5. The van der Waals surface area contributed by atoms with Crippen LogP contribution in [0.25, 0.3) is 22.4 Å². The molecule has 0 spiro atoms. The second-order valence-electron chi connectivity index (χ2n) is 5.41. The maximum Gasteiger partial charge on any atom is 0.291 e. The topological polar surface area (TPSA) is 56.5 Å². The molecule has 5 nitrogen and oxygen atoms in total. The molecule has 0 aliphatic heterocycles. The Kier molecular flexibility index (Phi) is 4.03. The van der Waals surface area contributed by atoms with Gasteiger partial charge in [-0.05, 0) is 42.8 Å². The number of aromatic nitrogens is 3. The van der Waals surface area contributed by atoms with Crippen molar-refractivity contribution in [1.82, 2.24) is 14.6 Å². The van der Waals surface area contributed by atoms with E-state index in [0.29, 0.717) is 21.9 Å². The second kappa shape index (κ2) is 6.49. The molecule has 6 heteroatoms. The number of ether oxygens (including phenoxy) is 1. The van der Waals surface area contributed by atoms with Crippen LogP contribution in [0.4, 0.5) is 0 Å². The zero-order valence-electron chi connectivity index (χ0n) is 13.5. The molecule has 0 amide bonds. The normalized spacial score (nSPS) is 12.0. The fraction of sp³-hybridized carbons (Fsp3) is 0.105. The van der Waals surface area contributed by atoms with E-state index in [4.69, 9.17) is 4.74 Å². The monoisotopic (exact) mass is 349 g/mol. The van der Waals surface area contributed by atoms with Crippen molar-refractivity contribution in [3.8, 4) is 17.1 Å². The van der Waals surface area contributed by atoms with Crippen LogP contribution in [0.15, 0.2) is 59.4 Å². The third-order valence-electron chi connectivity index (χ3n) is 3.70. The molecule has 4 rings (SSSR count). The highest BCUT2D eigenvalue weighted by Crippen LogP contribution is 2.20. The number of nitrogens with zero attached hydrogens (tertiary/aromatic N) is 3. The minimum absolute atomic E-state index is 0.145. The van der Waals surface area contributed by atoms with Crippen molar-refractivity contribution in [1.29, 1.82) is 0 Å². The van der Waals surface area contributed by atoms with Crippen LogP contribution in [0.1, 0.15) is 12.5 Å². The SMILES string of the molecule is CCOc1ccc(-c2nc3s/c(=C\c4ccccc4)c(=O)n3n2)cc1. The van der Waals surface area contributed by atoms with Crippen molar-refractivity contribution >= 4 is 22.4 Å². The summed E-state index contributed by atoms with van der Waals surface area (Å²) in [4.78, 5) is 17.6. The van der Waals surface area contributed by atoms with Crippen LogP contribution >= 0.6 is 11.3 Å². The Bertz CT molecular complexity index is 1120. The molecule has 0 saturated carbocycles. The van der Waals surface area contributed by atoms with Gasteiger partial charge < -0.3 is 4.74 Å². The molecule has 0 aliphatic carbocycles. The van der Waals surface area contributed by atoms with Crippen molar-refractivity contribution in [2.24, 2.45) is 0 Å². The second-order valence-corrected chi connectivity index (χ2v) is 6.42. The first-order chi connectivity index (χ1) is 12.2. The number of hydrogen-bond donors (Lipinski definition) is 0. The van der Waals surface area contributed by atoms with E-state index >= 15 is 0 Å². The highest BCUT2D eigenvalue weighted by molar-refractivity contribution is 7.15. The summed E-state index contributed by atoms with van der Waals surface area (Å²) in [5.74, 6) is 1.34. The van der Waals surface area contributed by atoms with E-state index in [9.17, 15) is 4.79 Å². The Morgan fingerprint density at radius 2 is 1.88 bits per heavy atom. The van der Waals surface area contributed by atoms with E-state index in [1.165, 1.54) is 15.9 Å². The fourth-order valence-corrected chi connectivity index (χ4v) is 3.43. The van der Waals surface area contributed by atoms with E-state index in [2.05, 4.69) is 10.1 Å². The summed E-state index contributed by atoms with van der Waals surface area (Å²) >= 11 is 1.34. The van der Waals surface area contributed by atoms with E-state index in [1.807, 2.05) is 67.6 Å². The molecule has 2 aromatic heterocycles. The van der Waals surface area contributed by atoms with E-state index in [1.54, 1.807) is 0 Å². The van der Waals surface area contributed by atoms with Crippen LogP contribution in [-0.4, -0.2) is 21.2 Å². The molecule has 0 radical (unpaired) electrons. The first-order valence-corrected chi connectivity index (χ1v) is 8.76. The predicted octanol–water partition coefficient (Wildman–Crippen LogP) is 2.76. The maximum atomic E-state index is 12.5. The molecular formula is C19H15N3O2S. The molecular weight excluding hydrogens is 334 g/mol. The van der Waals surface area contributed by atoms with Crippen molar-refractivity contribution in [2.45, 2.75) is 6.92 Å².